The van der Waals surface area contributed by atoms with E-state index in [1.807, 2.05) is 36.4 Å². The second-order valence-electron chi connectivity index (χ2n) is 14.8. The fourth-order valence-electron chi connectivity index (χ4n) is 8.16. The summed E-state index contributed by atoms with van der Waals surface area (Å²) in [5.41, 5.74) is 6.26. The summed E-state index contributed by atoms with van der Waals surface area (Å²) in [6.45, 7) is 16.8. The molecule has 0 amide bonds. The van der Waals surface area contributed by atoms with Crippen molar-refractivity contribution >= 4 is 28.8 Å². The van der Waals surface area contributed by atoms with Gasteiger partial charge < -0.3 is 14.7 Å². The average Bonchev–Trinajstić information content (AvgIpc) is 3.43. The van der Waals surface area contributed by atoms with Crippen LogP contribution in [0.3, 0.4) is 0 Å². The summed E-state index contributed by atoms with van der Waals surface area (Å²) in [4.78, 5) is 29.2. The lowest BCUT2D eigenvalue weighted by atomic mass is 9.68. The molecule has 0 aromatic heterocycles. The van der Waals surface area contributed by atoms with Crippen molar-refractivity contribution < 1.29 is 24.0 Å². The van der Waals surface area contributed by atoms with Crippen molar-refractivity contribution in [1.82, 2.24) is 0 Å². The number of esters is 1. The average molecular weight is 654 g/mol. The van der Waals surface area contributed by atoms with Gasteiger partial charge in [-0.2, -0.15) is 4.58 Å². The Kier molecular flexibility index (Phi) is 11.0. The van der Waals surface area contributed by atoms with Gasteiger partial charge in [0.15, 0.2) is 17.4 Å². The number of anilines is 1. The van der Waals surface area contributed by atoms with Gasteiger partial charge in [-0.05, 0) is 64.0 Å². The molecular formula is C42H57N2O4+. The molecule has 3 aliphatic rings. The summed E-state index contributed by atoms with van der Waals surface area (Å²) in [5, 5.41) is 11.5. The van der Waals surface area contributed by atoms with E-state index in [0.717, 1.165) is 47.7 Å². The molecule has 1 unspecified atom stereocenters. The number of unbranched alkanes of at least 4 members (excludes halogenated alkanes) is 9. The molecule has 0 radical (unpaired) electrons. The van der Waals surface area contributed by atoms with Crippen LogP contribution >= 0.6 is 0 Å². The minimum absolute atomic E-state index is 0.0478. The Labute approximate surface area is 288 Å². The fourth-order valence-corrected chi connectivity index (χ4v) is 8.16. The second kappa shape index (κ2) is 14.8. The van der Waals surface area contributed by atoms with Gasteiger partial charge in [-0.15, -0.1) is 0 Å². The first kappa shape index (κ1) is 35.6. The number of carbonyl (C=O) groups excluding carboxylic acids is 2. The van der Waals surface area contributed by atoms with Crippen molar-refractivity contribution in [2.45, 2.75) is 124 Å². The predicted molar refractivity (Wildman–Crippen MR) is 196 cm³/mol. The molecule has 2 heterocycles. The minimum atomic E-state index is -0.655. The van der Waals surface area contributed by atoms with Crippen LogP contribution in [0.15, 0.2) is 65.6 Å². The number of carbonyl (C=O) groups is 2. The normalized spacial score (nSPS) is 20.0. The number of ketones is 1. The first-order valence-electron chi connectivity index (χ1n) is 18.5. The lowest BCUT2D eigenvalue weighted by molar-refractivity contribution is -0.436. The highest BCUT2D eigenvalue weighted by molar-refractivity contribution is 6.23. The number of allylic oxidation sites excluding steroid dienone is 4. The molecule has 0 fully saturated rings. The van der Waals surface area contributed by atoms with Crippen molar-refractivity contribution in [3.05, 3.63) is 82.3 Å². The summed E-state index contributed by atoms with van der Waals surface area (Å²) in [6, 6.07) is 14.1. The Morgan fingerprint density at radius 1 is 0.875 bits per heavy atom. The summed E-state index contributed by atoms with van der Waals surface area (Å²) < 4.78 is 7.88. The Balaban J connectivity index is 1.27. The summed E-state index contributed by atoms with van der Waals surface area (Å²) in [5.74, 6) is -0.854. The summed E-state index contributed by atoms with van der Waals surface area (Å²) in [7, 11) is 0. The molecule has 48 heavy (non-hydrogen) atoms. The van der Waals surface area contributed by atoms with Crippen LogP contribution in [0.25, 0.3) is 0 Å². The number of aliphatic hydroxyl groups excluding tert-OH is 1. The van der Waals surface area contributed by atoms with Crippen LogP contribution in [0.1, 0.15) is 134 Å². The number of fused-ring (bicyclic) bond motifs is 2. The molecule has 1 atom stereocenters. The lowest BCUT2D eigenvalue weighted by Gasteiger charge is -2.32. The molecule has 2 aromatic rings. The van der Waals surface area contributed by atoms with Gasteiger partial charge in [0.05, 0.1) is 23.2 Å². The molecule has 5 rings (SSSR count). The first-order valence-corrected chi connectivity index (χ1v) is 18.5. The Morgan fingerprint density at radius 2 is 1.52 bits per heavy atom. The topological polar surface area (TPSA) is 69.8 Å². The molecule has 1 aliphatic carbocycles. The number of hydrogen-bond donors (Lipinski definition) is 1. The predicted octanol–water partition coefficient (Wildman–Crippen LogP) is 9.87. The van der Waals surface area contributed by atoms with E-state index < -0.39 is 11.3 Å². The Hall–Kier alpha value is -3.67. The molecule has 6 heteroatoms. The van der Waals surface area contributed by atoms with E-state index in [2.05, 4.69) is 70.1 Å². The maximum atomic E-state index is 13.9. The molecule has 258 valence electrons. The zero-order valence-corrected chi connectivity index (χ0v) is 30.5. The highest BCUT2D eigenvalue weighted by atomic mass is 16.5. The van der Waals surface area contributed by atoms with Crippen LogP contribution in [-0.4, -0.2) is 46.8 Å². The molecule has 0 saturated heterocycles. The quantitative estimate of drug-likeness (QED) is 0.111. The van der Waals surface area contributed by atoms with Crippen LogP contribution < -0.4 is 4.90 Å². The zero-order valence-electron chi connectivity index (χ0n) is 30.5. The van der Waals surface area contributed by atoms with Crippen LogP contribution in [0.5, 0.6) is 0 Å². The number of rotatable bonds is 16. The number of Topliss-reactive ketones (excluding diaryl/α,β-unsaturated/α-hetero) is 1. The van der Waals surface area contributed by atoms with Gasteiger partial charge in [-0.1, -0.05) is 96.8 Å². The van der Waals surface area contributed by atoms with Gasteiger partial charge >= 0.3 is 5.97 Å². The van der Waals surface area contributed by atoms with E-state index in [4.69, 9.17) is 4.74 Å². The minimum Gasteiger partial charge on any atom is -0.510 e. The van der Waals surface area contributed by atoms with E-state index >= 15 is 0 Å². The van der Waals surface area contributed by atoms with Crippen molar-refractivity contribution in [3.63, 3.8) is 0 Å². The number of ether oxygens (including phenoxy) is 1. The number of benzene rings is 2. The first-order chi connectivity index (χ1) is 23.0. The van der Waals surface area contributed by atoms with Gasteiger partial charge in [0.1, 0.15) is 12.3 Å². The van der Waals surface area contributed by atoms with Crippen molar-refractivity contribution in [2.24, 2.45) is 5.92 Å². The van der Waals surface area contributed by atoms with E-state index in [9.17, 15) is 14.7 Å². The van der Waals surface area contributed by atoms with E-state index in [1.165, 1.54) is 56.9 Å². The summed E-state index contributed by atoms with van der Waals surface area (Å²) in [6.07, 6.45) is 14.3. The third kappa shape index (κ3) is 6.52. The molecule has 6 nitrogen and oxygen atoms in total. The smallest absolute Gasteiger partial charge is 0.338 e. The SMILES string of the molecule is CCCCCCCCCCCCOC(=O)c1ccc2c(c1)C(C)(C)/C(=C\C1=C(O)C(C3=[N+](CC)c4ccccc4C3(C)C)C1=O)N2CC. The van der Waals surface area contributed by atoms with Crippen LogP contribution in [0.4, 0.5) is 11.4 Å². The zero-order chi connectivity index (χ0) is 34.6. The Bertz CT molecular complexity index is 1630. The number of aliphatic hydroxyl groups is 1. The molecular weight excluding hydrogens is 596 g/mol. The van der Waals surface area contributed by atoms with Gasteiger partial charge in [0.2, 0.25) is 5.69 Å². The maximum absolute atomic E-state index is 13.9. The second-order valence-corrected chi connectivity index (χ2v) is 14.8. The van der Waals surface area contributed by atoms with Gasteiger partial charge in [0.25, 0.3) is 0 Å². The maximum Gasteiger partial charge on any atom is 0.338 e. The van der Waals surface area contributed by atoms with Gasteiger partial charge in [0, 0.05) is 35.0 Å². The third-order valence-corrected chi connectivity index (χ3v) is 10.9. The monoisotopic (exact) mass is 653 g/mol. The van der Waals surface area contributed by atoms with Crippen LogP contribution in [0.2, 0.25) is 0 Å². The highest BCUT2D eigenvalue weighted by Gasteiger charge is 2.57. The van der Waals surface area contributed by atoms with Crippen molar-refractivity contribution in [2.75, 3.05) is 24.6 Å². The fraction of sp³-hybridized carbons (Fsp3) is 0.548. The van der Waals surface area contributed by atoms with Crippen LogP contribution in [-0.2, 0) is 20.4 Å². The highest BCUT2D eigenvalue weighted by Crippen LogP contribution is 2.51. The van der Waals surface area contributed by atoms with Gasteiger partial charge in [-0.25, -0.2) is 4.79 Å². The largest absolute Gasteiger partial charge is 0.510 e. The number of para-hydroxylation sites is 1. The number of nitrogens with zero attached hydrogens (tertiary/aromatic N) is 2. The molecule has 0 spiro atoms. The standard InChI is InChI=1S/C42H56N2O4/c1-8-11-12-13-14-15-16-17-18-21-26-48-40(47)29-24-25-34-32(27-29)41(4,5)35(43(34)9-2)28-30-37(45)36(38(30)46)39-42(6,7)31-22-19-20-23-33(31)44(39)10-3/h19-20,22-25,27-28,36H,8-18,21,26H2,1-7H3/p+1/b35-28+. The van der Waals surface area contributed by atoms with E-state index in [0.29, 0.717) is 24.3 Å². The molecule has 0 bridgehead atoms. The Morgan fingerprint density at radius 3 is 2.15 bits per heavy atom. The van der Waals surface area contributed by atoms with E-state index in [-0.39, 0.29) is 22.9 Å². The molecule has 2 aliphatic heterocycles. The summed E-state index contributed by atoms with van der Waals surface area (Å²) >= 11 is 0. The molecule has 2 aromatic carbocycles. The number of likely N-dealkylation sites (N-methyl/N-ethyl adjacent to an activating group) is 1. The number of hydrogen-bond acceptors (Lipinski definition) is 5. The molecule has 1 N–H and O–H groups in total. The van der Waals surface area contributed by atoms with E-state index in [1.54, 1.807) is 0 Å². The lowest BCUT2D eigenvalue weighted by Crippen LogP contribution is -2.46. The van der Waals surface area contributed by atoms with Crippen molar-refractivity contribution in [1.29, 1.82) is 0 Å². The molecule has 0 saturated carbocycles. The van der Waals surface area contributed by atoms with Crippen molar-refractivity contribution in [3.8, 4) is 0 Å². The van der Waals surface area contributed by atoms with Crippen LogP contribution in [0, 0.1) is 5.92 Å². The third-order valence-electron chi connectivity index (χ3n) is 10.9. The van der Waals surface area contributed by atoms with Gasteiger partial charge in [-0.3, -0.25) is 4.79 Å².